The Bertz CT molecular complexity index is 1500. The van der Waals surface area contributed by atoms with Crippen molar-refractivity contribution in [3.8, 4) is 5.75 Å². The highest BCUT2D eigenvalue weighted by Crippen LogP contribution is 2.24. The lowest BCUT2D eigenvalue weighted by Crippen LogP contribution is -2.30. The van der Waals surface area contributed by atoms with Gasteiger partial charge in [0.2, 0.25) is 5.91 Å². The molecule has 0 saturated heterocycles. The minimum atomic E-state index is -0.510. The fourth-order valence-corrected chi connectivity index (χ4v) is 4.92. The first-order chi connectivity index (χ1) is 18.9. The van der Waals surface area contributed by atoms with Crippen molar-refractivity contribution >= 4 is 57.7 Å². The molecule has 0 atom stereocenters. The summed E-state index contributed by atoms with van der Waals surface area (Å²) < 4.78 is 5.41. The molecule has 0 bridgehead atoms. The lowest BCUT2D eigenvalue weighted by Gasteiger charge is -2.13. The van der Waals surface area contributed by atoms with E-state index in [0.29, 0.717) is 27.7 Å². The number of carbonyl (C=O) groups is 3. The number of nitrogens with one attached hydrogen (secondary N) is 3. The van der Waals surface area contributed by atoms with E-state index in [9.17, 15) is 14.4 Å². The molecule has 4 aromatic rings. The van der Waals surface area contributed by atoms with Crippen LogP contribution in [0.2, 0.25) is 0 Å². The Morgan fingerprint density at radius 3 is 2.49 bits per heavy atom. The molecule has 1 heterocycles. The van der Waals surface area contributed by atoms with Crippen LogP contribution in [0.1, 0.15) is 21.6 Å². The van der Waals surface area contributed by atoms with Crippen molar-refractivity contribution < 1.29 is 19.1 Å². The van der Waals surface area contributed by atoms with Crippen molar-refractivity contribution in [3.63, 3.8) is 0 Å². The molecule has 0 aliphatic rings. The number of thiazole rings is 1. The van der Waals surface area contributed by atoms with Crippen LogP contribution in [0.5, 0.6) is 5.75 Å². The van der Waals surface area contributed by atoms with E-state index >= 15 is 0 Å². The highest BCUT2D eigenvalue weighted by atomic mass is 32.2. The zero-order valence-corrected chi connectivity index (χ0v) is 22.9. The van der Waals surface area contributed by atoms with Gasteiger partial charge in [0.25, 0.3) is 11.8 Å². The summed E-state index contributed by atoms with van der Waals surface area (Å²) in [4.78, 5) is 43.6. The molecular weight excluding hydrogens is 532 g/mol. The number of methoxy groups -OCH3 is 1. The molecule has 39 heavy (non-hydrogen) atoms. The normalized spacial score (nSPS) is 11.0. The number of ether oxygens (including phenoxy) is 1. The number of amides is 3. The number of benzene rings is 3. The molecule has 0 aliphatic carbocycles. The van der Waals surface area contributed by atoms with Gasteiger partial charge in [0.15, 0.2) is 5.13 Å². The van der Waals surface area contributed by atoms with Crippen molar-refractivity contribution in [3.05, 3.63) is 107 Å². The van der Waals surface area contributed by atoms with E-state index in [2.05, 4.69) is 20.9 Å². The van der Waals surface area contributed by atoms with Gasteiger partial charge in [-0.25, -0.2) is 4.98 Å². The second-order valence-corrected chi connectivity index (χ2v) is 10.1. The summed E-state index contributed by atoms with van der Waals surface area (Å²) in [6.07, 6.45) is 1.57. The highest BCUT2D eigenvalue weighted by molar-refractivity contribution is 8.00. The summed E-state index contributed by atoms with van der Waals surface area (Å²) in [6.45, 7) is 1.87. The summed E-state index contributed by atoms with van der Waals surface area (Å²) in [6, 6.07) is 23.0. The monoisotopic (exact) mass is 558 g/mol. The predicted octanol–water partition coefficient (Wildman–Crippen LogP) is 5.60. The van der Waals surface area contributed by atoms with Crippen LogP contribution in [0.15, 0.2) is 94.8 Å². The number of aryl methyl sites for hydroxylation is 1. The number of thioether (sulfide) groups is 1. The van der Waals surface area contributed by atoms with Crippen molar-refractivity contribution in [1.82, 2.24) is 10.3 Å². The molecule has 0 radical (unpaired) electrons. The van der Waals surface area contributed by atoms with Crippen LogP contribution >= 0.6 is 23.1 Å². The Kier molecular flexibility index (Phi) is 9.49. The van der Waals surface area contributed by atoms with Crippen molar-refractivity contribution in [1.29, 1.82) is 0 Å². The van der Waals surface area contributed by atoms with Gasteiger partial charge in [-0.2, -0.15) is 0 Å². The van der Waals surface area contributed by atoms with Gasteiger partial charge in [-0.15, -0.1) is 23.1 Å². The largest absolute Gasteiger partial charge is 0.496 e. The molecule has 0 saturated carbocycles. The number of rotatable bonds is 10. The molecule has 8 nitrogen and oxygen atoms in total. The lowest BCUT2D eigenvalue weighted by atomic mass is 10.1. The highest BCUT2D eigenvalue weighted by Gasteiger charge is 2.16. The first-order valence-corrected chi connectivity index (χ1v) is 13.7. The van der Waals surface area contributed by atoms with Crippen LogP contribution in [-0.4, -0.2) is 35.6 Å². The molecule has 10 heteroatoms. The molecule has 0 aliphatic heterocycles. The van der Waals surface area contributed by atoms with Crippen molar-refractivity contribution in [2.45, 2.75) is 11.8 Å². The van der Waals surface area contributed by atoms with Gasteiger partial charge < -0.3 is 20.7 Å². The van der Waals surface area contributed by atoms with Gasteiger partial charge in [-0.05, 0) is 49.4 Å². The molecule has 0 fully saturated rings. The average molecular weight is 559 g/mol. The minimum absolute atomic E-state index is 0.0459. The maximum atomic E-state index is 13.4. The second kappa shape index (κ2) is 13.4. The topological polar surface area (TPSA) is 109 Å². The van der Waals surface area contributed by atoms with Gasteiger partial charge in [0.1, 0.15) is 11.4 Å². The minimum Gasteiger partial charge on any atom is -0.496 e. The molecular formula is C29H26N4O4S2. The van der Waals surface area contributed by atoms with E-state index in [4.69, 9.17) is 4.74 Å². The maximum absolute atomic E-state index is 13.4. The maximum Gasteiger partial charge on any atom is 0.272 e. The standard InChI is InChI=1S/C29H26N4O4S2/c1-19-17-39-29(30-19)33-26(34)18-38-23-13-8-12-22(16-23)31-28(36)24(15-21-11-6-7-14-25(21)37-2)32-27(35)20-9-4-3-5-10-20/h3-17H,18H2,1-2H3,(H,31,36)(H,32,35)(H,30,33,34)/b24-15+. The lowest BCUT2D eigenvalue weighted by molar-refractivity contribution is -0.114. The fraction of sp³-hybridized carbons (Fsp3) is 0.103. The Labute approximate surface area is 234 Å². The zero-order valence-electron chi connectivity index (χ0n) is 21.3. The summed E-state index contributed by atoms with van der Waals surface area (Å²) in [5.74, 6) is -0.361. The summed E-state index contributed by atoms with van der Waals surface area (Å²) >= 11 is 2.71. The SMILES string of the molecule is COc1ccccc1/C=C(/NC(=O)c1ccccc1)C(=O)Nc1cccc(SCC(=O)Nc2nc(C)cs2)c1. The molecule has 3 N–H and O–H groups in total. The number of nitrogens with zero attached hydrogens (tertiary/aromatic N) is 1. The van der Waals surface area contributed by atoms with E-state index in [-0.39, 0.29) is 17.4 Å². The third-order valence-electron chi connectivity index (χ3n) is 5.29. The Morgan fingerprint density at radius 2 is 1.74 bits per heavy atom. The Balaban J connectivity index is 1.48. The van der Waals surface area contributed by atoms with Gasteiger partial charge in [-0.1, -0.05) is 42.5 Å². The number of hydrogen-bond donors (Lipinski definition) is 3. The van der Waals surface area contributed by atoms with Gasteiger partial charge in [-0.3, -0.25) is 14.4 Å². The van der Waals surface area contributed by atoms with Crippen molar-refractivity contribution in [2.24, 2.45) is 0 Å². The third kappa shape index (κ3) is 8.03. The number of hydrogen-bond acceptors (Lipinski definition) is 7. The van der Waals surface area contributed by atoms with Gasteiger partial charge in [0.05, 0.1) is 18.6 Å². The number of aromatic nitrogens is 1. The number of carbonyl (C=O) groups excluding carboxylic acids is 3. The summed E-state index contributed by atoms with van der Waals surface area (Å²) in [7, 11) is 1.54. The molecule has 3 amide bonds. The number of para-hydroxylation sites is 1. The quantitative estimate of drug-likeness (QED) is 0.173. The van der Waals surface area contributed by atoms with E-state index in [1.165, 1.54) is 30.2 Å². The molecule has 0 unspecified atom stereocenters. The second-order valence-electron chi connectivity index (χ2n) is 8.23. The van der Waals surface area contributed by atoms with Gasteiger partial charge in [0, 0.05) is 27.1 Å². The Hall–Kier alpha value is -4.41. The summed E-state index contributed by atoms with van der Waals surface area (Å²) in [5, 5.41) is 10.8. The van der Waals surface area contributed by atoms with Crippen LogP contribution in [-0.2, 0) is 9.59 Å². The van der Waals surface area contributed by atoms with E-state index in [1.54, 1.807) is 60.7 Å². The number of anilines is 2. The third-order valence-corrected chi connectivity index (χ3v) is 7.16. The molecule has 0 spiro atoms. The van der Waals surface area contributed by atoms with Crippen molar-refractivity contribution in [2.75, 3.05) is 23.5 Å². The Morgan fingerprint density at radius 1 is 0.974 bits per heavy atom. The van der Waals surface area contributed by atoms with Crippen LogP contribution < -0.4 is 20.7 Å². The molecule has 1 aromatic heterocycles. The first kappa shape index (κ1) is 27.6. The van der Waals surface area contributed by atoms with E-state index in [1.807, 2.05) is 36.6 Å². The zero-order chi connectivity index (χ0) is 27.6. The smallest absolute Gasteiger partial charge is 0.272 e. The predicted molar refractivity (Wildman–Crippen MR) is 156 cm³/mol. The molecule has 198 valence electrons. The van der Waals surface area contributed by atoms with Crippen LogP contribution in [0.25, 0.3) is 6.08 Å². The fourth-order valence-electron chi connectivity index (χ4n) is 3.46. The summed E-state index contributed by atoms with van der Waals surface area (Å²) in [5.41, 5.74) is 2.46. The van der Waals surface area contributed by atoms with Crippen LogP contribution in [0, 0.1) is 6.92 Å². The average Bonchev–Trinajstić information content (AvgIpc) is 3.36. The first-order valence-electron chi connectivity index (χ1n) is 11.9. The van der Waals surface area contributed by atoms with Crippen LogP contribution in [0.4, 0.5) is 10.8 Å². The molecule has 3 aromatic carbocycles. The van der Waals surface area contributed by atoms with Gasteiger partial charge >= 0.3 is 0 Å². The van der Waals surface area contributed by atoms with Crippen LogP contribution in [0.3, 0.4) is 0 Å². The molecule has 4 rings (SSSR count). The van der Waals surface area contributed by atoms with E-state index in [0.717, 1.165) is 10.6 Å². The van der Waals surface area contributed by atoms with E-state index < -0.39 is 11.8 Å².